The molecular formula is C14H10BrFN2O4. The van der Waals surface area contributed by atoms with Gasteiger partial charge in [0.2, 0.25) is 0 Å². The van der Waals surface area contributed by atoms with Crippen molar-refractivity contribution >= 4 is 33.2 Å². The van der Waals surface area contributed by atoms with Gasteiger partial charge in [0.25, 0.3) is 11.6 Å². The van der Waals surface area contributed by atoms with Crippen LogP contribution in [0.3, 0.4) is 0 Å². The zero-order valence-electron chi connectivity index (χ0n) is 11.1. The molecule has 0 aliphatic rings. The molecular weight excluding hydrogens is 359 g/mol. The number of carbonyl (C=O) groups is 1. The predicted molar refractivity (Wildman–Crippen MR) is 81.3 cm³/mol. The fourth-order valence-corrected chi connectivity index (χ4v) is 1.92. The second-order valence-electron chi connectivity index (χ2n) is 4.21. The third kappa shape index (κ3) is 4.26. The summed E-state index contributed by atoms with van der Waals surface area (Å²) in [5.41, 5.74) is -0.0331. The van der Waals surface area contributed by atoms with Gasteiger partial charge in [-0.15, -0.1) is 0 Å². The first kappa shape index (κ1) is 15.9. The molecule has 0 aliphatic heterocycles. The Morgan fingerprint density at radius 3 is 2.55 bits per heavy atom. The topological polar surface area (TPSA) is 81.5 Å². The molecule has 2 aromatic rings. The van der Waals surface area contributed by atoms with Gasteiger partial charge in [-0.1, -0.05) is 15.9 Å². The molecule has 0 fully saturated rings. The molecule has 2 rings (SSSR count). The number of nitrogens with one attached hydrogen (secondary N) is 1. The first-order valence-electron chi connectivity index (χ1n) is 6.08. The molecule has 0 spiro atoms. The van der Waals surface area contributed by atoms with Gasteiger partial charge in [-0.3, -0.25) is 14.9 Å². The van der Waals surface area contributed by atoms with E-state index in [9.17, 15) is 19.3 Å². The average Bonchev–Trinajstić information content (AvgIpc) is 2.48. The minimum Gasteiger partial charge on any atom is -0.484 e. The number of rotatable bonds is 5. The summed E-state index contributed by atoms with van der Waals surface area (Å²) in [6.07, 6.45) is 0. The van der Waals surface area contributed by atoms with Crippen molar-refractivity contribution in [3.63, 3.8) is 0 Å². The summed E-state index contributed by atoms with van der Waals surface area (Å²) in [5.74, 6) is -0.810. The van der Waals surface area contributed by atoms with Crippen molar-refractivity contribution in [2.24, 2.45) is 0 Å². The average molecular weight is 369 g/mol. The van der Waals surface area contributed by atoms with Crippen molar-refractivity contribution in [3.05, 3.63) is 62.9 Å². The van der Waals surface area contributed by atoms with E-state index in [0.717, 1.165) is 0 Å². The van der Waals surface area contributed by atoms with E-state index in [2.05, 4.69) is 21.2 Å². The quantitative estimate of drug-likeness (QED) is 0.646. The summed E-state index contributed by atoms with van der Waals surface area (Å²) in [6, 6.07) is 9.53. The molecule has 0 radical (unpaired) electrons. The number of nitro groups is 1. The number of hydrogen-bond acceptors (Lipinski definition) is 4. The number of non-ortho nitro benzene ring substituents is 1. The van der Waals surface area contributed by atoms with Crippen LogP contribution in [0.2, 0.25) is 0 Å². The molecule has 0 saturated carbocycles. The van der Waals surface area contributed by atoms with Crippen LogP contribution < -0.4 is 10.1 Å². The largest absolute Gasteiger partial charge is 0.484 e. The lowest BCUT2D eigenvalue weighted by Gasteiger charge is -2.08. The number of benzene rings is 2. The van der Waals surface area contributed by atoms with Crippen molar-refractivity contribution in [2.75, 3.05) is 11.9 Å². The molecule has 0 aliphatic carbocycles. The van der Waals surface area contributed by atoms with E-state index in [1.807, 2.05) is 0 Å². The van der Waals surface area contributed by atoms with E-state index in [0.29, 0.717) is 10.2 Å². The van der Waals surface area contributed by atoms with Crippen LogP contribution in [0.25, 0.3) is 0 Å². The predicted octanol–water partition coefficient (Wildman–Crippen LogP) is 3.51. The van der Waals surface area contributed by atoms with E-state index in [-0.39, 0.29) is 18.0 Å². The van der Waals surface area contributed by atoms with Gasteiger partial charge in [-0.05, 0) is 30.3 Å². The molecule has 0 saturated heterocycles. The summed E-state index contributed by atoms with van der Waals surface area (Å²) in [5, 5.41) is 12.9. The second-order valence-corrected chi connectivity index (χ2v) is 5.13. The molecule has 8 heteroatoms. The molecule has 0 atom stereocenters. The molecule has 2 aromatic carbocycles. The normalized spacial score (nSPS) is 10.1. The van der Waals surface area contributed by atoms with Gasteiger partial charge < -0.3 is 10.1 Å². The zero-order chi connectivity index (χ0) is 16.1. The van der Waals surface area contributed by atoms with E-state index < -0.39 is 16.6 Å². The molecule has 0 heterocycles. The molecule has 22 heavy (non-hydrogen) atoms. The number of amides is 1. The van der Waals surface area contributed by atoms with Crippen LogP contribution in [0.4, 0.5) is 15.8 Å². The second kappa shape index (κ2) is 6.99. The van der Waals surface area contributed by atoms with Crippen LogP contribution in [0.1, 0.15) is 0 Å². The Kier molecular flexibility index (Phi) is 5.05. The van der Waals surface area contributed by atoms with Gasteiger partial charge in [0.15, 0.2) is 6.61 Å². The lowest BCUT2D eigenvalue weighted by Crippen LogP contribution is -2.20. The molecule has 114 valence electrons. The third-order valence-electron chi connectivity index (χ3n) is 2.62. The molecule has 1 N–H and O–H groups in total. The highest BCUT2D eigenvalue weighted by Gasteiger charge is 2.09. The van der Waals surface area contributed by atoms with Crippen LogP contribution in [0.5, 0.6) is 5.75 Å². The summed E-state index contributed by atoms with van der Waals surface area (Å²) in [6.45, 7) is -0.340. The van der Waals surface area contributed by atoms with Gasteiger partial charge in [-0.2, -0.15) is 0 Å². The highest BCUT2D eigenvalue weighted by Crippen LogP contribution is 2.20. The van der Waals surface area contributed by atoms with E-state index in [1.54, 1.807) is 6.07 Å². The Labute approximate surface area is 133 Å². The van der Waals surface area contributed by atoms with Crippen LogP contribution in [0, 0.1) is 15.9 Å². The number of anilines is 1. The highest BCUT2D eigenvalue weighted by molar-refractivity contribution is 9.10. The van der Waals surface area contributed by atoms with Gasteiger partial charge in [0.05, 0.1) is 10.6 Å². The number of carbonyl (C=O) groups excluding carboxylic acids is 1. The number of ether oxygens (including phenoxy) is 1. The van der Waals surface area contributed by atoms with Gasteiger partial charge >= 0.3 is 0 Å². The summed E-state index contributed by atoms with van der Waals surface area (Å²) >= 11 is 3.11. The standard InChI is InChI=1S/C14H10BrFN2O4/c15-9-1-6-13(12(16)7-9)17-14(19)8-22-11-4-2-10(3-5-11)18(20)21/h1-7H,8H2,(H,17,19). The number of hydrogen-bond donors (Lipinski definition) is 1. The first-order chi connectivity index (χ1) is 10.5. The minimum atomic E-state index is -0.571. The fraction of sp³-hybridized carbons (Fsp3) is 0.0714. The Morgan fingerprint density at radius 2 is 1.95 bits per heavy atom. The fourth-order valence-electron chi connectivity index (χ4n) is 1.59. The van der Waals surface area contributed by atoms with Gasteiger partial charge in [0, 0.05) is 16.6 Å². The van der Waals surface area contributed by atoms with E-state index in [1.165, 1.54) is 36.4 Å². The lowest BCUT2D eigenvalue weighted by atomic mass is 10.3. The maximum atomic E-state index is 13.5. The Hall–Kier alpha value is -2.48. The SMILES string of the molecule is O=C(COc1ccc([N+](=O)[O-])cc1)Nc1ccc(Br)cc1F. The summed E-state index contributed by atoms with van der Waals surface area (Å²) in [7, 11) is 0. The Bertz CT molecular complexity index is 706. The molecule has 1 amide bonds. The maximum Gasteiger partial charge on any atom is 0.269 e. The van der Waals surface area contributed by atoms with Crippen molar-refractivity contribution in [3.8, 4) is 5.75 Å². The highest BCUT2D eigenvalue weighted by atomic mass is 79.9. The van der Waals surface area contributed by atoms with Gasteiger partial charge in [-0.25, -0.2) is 4.39 Å². The lowest BCUT2D eigenvalue weighted by molar-refractivity contribution is -0.384. The molecule has 0 bridgehead atoms. The zero-order valence-corrected chi connectivity index (χ0v) is 12.7. The van der Waals surface area contributed by atoms with Crippen molar-refractivity contribution < 1.29 is 18.8 Å². The Morgan fingerprint density at radius 1 is 1.27 bits per heavy atom. The van der Waals surface area contributed by atoms with Crippen molar-refractivity contribution in [2.45, 2.75) is 0 Å². The number of nitro benzene ring substituents is 1. The number of nitrogens with zero attached hydrogens (tertiary/aromatic N) is 1. The van der Waals surface area contributed by atoms with Crippen LogP contribution in [-0.2, 0) is 4.79 Å². The maximum absolute atomic E-state index is 13.5. The summed E-state index contributed by atoms with van der Waals surface area (Å²) < 4.78 is 19.3. The van der Waals surface area contributed by atoms with E-state index in [4.69, 9.17) is 4.74 Å². The monoisotopic (exact) mass is 368 g/mol. The smallest absolute Gasteiger partial charge is 0.269 e. The molecule has 0 aromatic heterocycles. The third-order valence-corrected chi connectivity index (χ3v) is 3.12. The van der Waals surface area contributed by atoms with Crippen LogP contribution in [0.15, 0.2) is 46.9 Å². The van der Waals surface area contributed by atoms with Gasteiger partial charge in [0.1, 0.15) is 11.6 Å². The van der Waals surface area contributed by atoms with Crippen molar-refractivity contribution in [1.82, 2.24) is 0 Å². The summed E-state index contributed by atoms with van der Waals surface area (Å²) in [4.78, 5) is 21.6. The van der Waals surface area contributed by atoms with E-state index >= 15 is 0 Å². The number of halogens is 2. The van der Waals surface area contributed by atoms with Crippen molar-refractivity contribution in [1.29, 1.82) is 0 Å². The van der Waals surface area contributed by atoms with Crippen LogP contribution in [-0.4, -0.2) is 17.4 Å². The minimum absolute atomic E-state index is 0.0421. The Balaban J connectivity index is 1.91. The first-order valence-corrected chi connectivity index (χ1v) is 6.87. The van der Waals surface area contributed by atoms with Crippen LogP contribution >= 0.6 is 15.9 Å². The molecule has 6 nitrogen and oxygen atoms in total. The molecule has 0 unspecified atom stereocenters.